The lowest BCUT2D eigenvalue weighted by atomic mass is 10.2. The minimum atomic E-state index is -2.96. The molecule has 1 atom stereocenters. The zero-order chi connectivity index (χ0) is 20.8. The number of carbonyl (C=O) groups excluding carboxylic acids is 1. The molecule has 9 heteroatoms. The van der Waals surface area contributed by atoms with Gasteiger partial charge in [0, 0.05) is 13.6 Å². The van der Waals surface area contributed by atoms with E-state index >= 15 is 0 Å². The summed E-state index contributed by atoms with van der Waals surface area (Å²) in [6.45, 7) is -1.16. The number of halogens is 4. The highest BCUT2D eigenvalue weighted by Gasteiger charge is 2.21. The van der Waals surface area contributed by atoms with Gasteiger partial charge in [0.05, 0.1) is 12.1 Å². The Hall–Kier alpha value is -2.25. The third-order valence-corrected chi connectivity index (χ3v) is 4.61. The number of ether oxygens (including phenoxy) is 3. The molecule has 1 unspecified atom stereocenters. The van der Waals surface area contributed by atoms with E-state index in [0.717, 1.165) is 0 Å². The number of rotatable bonds is 8. The molecule has 0 heterocycles. The topological polar surface area (TPSA) is 48.0 Å². The Kier molecular flexibility index (Phi) is 7.71. The summed E-state index contributed by atoms with van der Waals surface area (Å²) in [5, 5.41) is 0.552. The van der Waals surface area contributed by atoms with Gasteiger partial charge in [-0.15, -0.1) is 0 Å². The molecule has 0 aliphatic carbocycles. The lowest BCUT2D eigenvalue weighted by Gasteiger charge is -2.23. The molecule has 0 radical (unpaired) electrons. The summed E-state index contributed by atoms with van der Waals surface area (Å²) in [7, 11) is 2.94. The van der Waals surface area contributed by atoms with E-state index in [1.807, 2.05) is 0 Å². The molecule has 2 rings (SSSR count). The lowest BCUT2D eigenvalue weighted by Crippen LogP contribution is -2.37. The molecular formula is C19H19Cl2F2NO4. The fourth-order valence-electron chi connectivity index (χ4n) is 2.48. The number of likely N-dealkylation sites (N-methyl/N-ethyl adjacent to an activating group) is 1. The van der Waals surface area contributed by atoms with E-state index in [2.05, 4.69) is 4.74 Å². The maximum atomic E-state index is 12.6. The van der Waals surface area contributed by atoms with Crippen LogP contribution in [0.5, 0.6) is 17.2 Å². The van der Waals surface area contributed by atoms with Crippen LogP contribution in [-0.4, -0.2) is 37.7 Å². The smallest absolute Gasteiger partial charge is 0.387 e. The van der Waals surface area contributed by atoms with E-state index in [0.29, 0.717) is 16.3 Å². The number of nitrogens with zero attached hydrogens (tertiary/aromatic N) is 1. The van der Waals surface area contributed by atoms with Crippen molar-refractivity contribution in [1.82, 2.24) is 4.90 Å². The molecule has 0 spiro atoms. The second-order valence-corrected chi connectivity index (χ2v) is 6.66. The molecule has 0 aliphatic rings. The predicted octanol–water partition coefficient (Wildman–Crippen LogP) is 5.03. The monoisotopic (exact) mass is 433 g/mol. The first-order chi connectivity index (χ1) is 13.2. The SMILES string of the molecule is COc1cc(CN(C)C(=O)C(C)Oc2cccc(Cl)c2Cl)ccc1OC(F)F. The van der Waals surface area contributed by atoms with Crippen molar-refractivity contribution in [2.75, 3.05) is 14.2 Å². The van der Waals surface area contributed by atoms with Gasteiger partial charge in [-0.2, -0.15) is 8.78 Å². The fraction of sp³-hybridized carbons (Fsp3) is 0.316. The average Bonchev–Trinajstić information content (AvgIpc) is 2.65. The molecule has 0 N–H and O–H groups in total. The first kappa shape index (κ1) is 22.0. The van der Waals surface area contributed by atoms with Gasteiger partial charge in [-0.25, -0.2) is 0 Å². The van der Waals surface area contributed by atoms with Gasteiger partial charge in [0.15, 0.2) is 17.6 Å². The fourth-order valence-corrected chi connectivity index (χ4v) is 2.82. The lowest BCUT2D eigenvalue weighted by molar-refractivity contribution is -0.137. The standard InChI is InChI=1S/C19H19Cl2F2NO4/c1-11(27-15-6-4-5-13(20)17(15)21)18(25)24(2)10-12-7-8-14(28-19(22)23)16(9-12)26-3/h4-9,11,19H,10H2,1-3H3. The third kappa shape index (κ3) is 5.62. The second kappa shape index (κ2) is 9.80. The van der Waals surface area contributed by atoms with Crippen molar-refractivity contribution in [2.24, 2.45) is 0 Å². The maximum Gasteiger partial charge on any atom is 0.387 e. The van der Waals surface area contributed by atoms with E-state index in [-0.39, 0.29) is 29.0 Å². The molecule has 152 valence electrons. The van der Waals surface area contributed by atoms with E-state index in [1.54, 1.807) is 38.2 Å². The van der Waals surface area contributed by atoms with E-state index in [1.165, 1.54) is 24.1 Å². The highest BCUT2D eigenvalue weighted by Crippen LogP contribution is 2.32. The van der Waals surface area contributed by atoms with Crippen molar-refractivity contribution in [3.8, 4) is 17.2 Å². The molecule has 0 aromatic heterocycles. The first-order valence-electron chi connectivity index (χ1n) is 8.20. The van der Waals surface area contributed by atoms with Gasteiger partial charge in [-0.05, 0) is 36.8 Å². The van der Waals surface area contributed by atoms with E-state index in [9.17, 15) is 13.6 Å². The number of amides is 1. The number of methoxy groups -OCH3 is 1. The Morgan fingerprint density at radius 2 is 1.82 bits per heavy atom. The normalized spacial score (nSPS) is 11.9. The van der Waals surface area contributed by atoms with Gasteiger partial charge < -0.3 is 19.1 Å². The second-order valence-electron chi connectivity index (χ2n) is 5.87. The summed E-state index contributed by atoms with van der Waals surface area (Å²) < 4.78 is 39.9. The van der Waals surface area contributed by atoms with Crippen molar-refractivity contribution in [2.45, 2.75) is 26.2 Å². The largest absolute Gasteiger partial charge is 0.493 e. The van der Waals surface area contributed by atoms with Crippen LogP contribution in [0.15, 0.2) is 36.4 Å². The highest BCUT2D eigenvalue weighted by molar-refractivity contribution is 6.42. The number of hydrogen-bond donors (Lipinski definition) is 0. The number of alkyl halides is 2. The van der Waals surface area contributed by atoms with Crippen LogP contribution in [0, 0.1) is 0 Å². The van der Waals surface area contributed by atoms with Crippen molar-refractivity contribution in [1.29, 1.82) is 0 Å². The van der Waals surface area contributed by atoms with Gasteiger partial charge >= 0.3 is 6.61 Å². The molecule has 1 amide bonds. The molecule has 0 fully saturated rings. The number of benzene rings is 2. The Morgan fingerprint density at radius 1 is 1.11 bits per heavy atom. The molecule has 0 saturated heterocycles. The molecule has 2 aromatic carbocycles. The van der Waals surface area contributed by atoms with Crippen molar-refractivity contribution in [3.63, 3.8) is 0 Å². The van der Waals surface area contributed by atoms with E-state index in [4.69, 9.17) is 32.7 Å². The van der Waals surface area contributed by atoms with Crippen LogP contribution in [-0.2, 0) is 11.3 Å². The average molecular weight is 434 g/mol. The van der Waals surface area contributed by atoms with Crippen LogP contribution in [0.2, 0.25) is 10.0 Å². The Labute approximate surface area is 171 Å². The summed E-state index contributed by atoms with van der Waals surface area (Å²) in [4.78, 5) is 14.0. The molecule has 28 heavy (non-hydrogen) atoms. The van der Waals surface area contributed by atoms with Crippen LogP contribution in [0.3, 0.4) is 0 Å². The first-order valence-corrected chi connectivity index (χ1v) is 8.96. The molecule has 0 bridgehead atoms. The minimum absolute atomic E-state index is 0.0810. The molecule has 5 nitrogen and oxygen atoms in total. The van der Waals surface area contributed by atoms with Gasteiger partial charge in [-0.1, -0.05) is 35.3 Å². The zero-order valence-electron chi connectivity index (χ0n) is 15.4. The molecular weight excluding hydrogens is 415 g/mol. The Balaban J connectivity index is 2.06. The van der Waals surface area contributed by atoms with Crippen LogP contribution in [0.1, 0.15) is 12.5 Å². The minimum Gasteiger partial charge on any atom is -0.493 e. The number of hydrogen-bond acceptors (Lipinski definition) is 4. The summed E-state index contributed by atoms with van der Waals surface area (Å²) in [5.74, 6) is 0.0673. The van der Waals surface area contributed by atoms with Crippen molar-refractivity contribution in [3.05, 3.63) is 52.0 Å². The van der Waals surface area contributed by atoms with Gasteiger partial charge in [0.2, 0.25) is 0 Å². The van der Waals surface area contributed by atoms with Gasteiger partial charge in [0.1, 0.15) is 10.8 Å². The van der Waals surface area contributed by atoms with Crippen LogP contribution < -0.4 is 14.2 Å². The number of carbonyl (C=O) groups is 1. The summed E-state index contributed by atoms with van der Waals surface area (Å²) >= 11 is 12.0. The van der Waals surface area contributed by atoms with Gasteiger partial charge in [-0.3, -0.25) is 4.79 Å². The maximum absolute atomic E-state index is 12.6. The Bertz CT molecular complexity index is 836. The third-order valence-electron chi connectivity index (χ3n) is 3.81. The molecule has 2 aromatic rings. The molecule has 0 aliphatic heterocycles. The predicted molar refractivity (Wildman–Crippen MR) is 103 cm³/mol. The zero-order valence-corrected chi connectivity index (χ0v) is 16.9. The Morgan fingerprint density at radius 3 is 2.46 bits per heavy atom. The summed E-state index contributed by atoms with van der Waals surface area (Å²) in [6.07, 6.45) is -0.815. The van der Waals surface area contributed by atoms with Gasteiger partial charge in [0.25, 0.3) is 5.91 Å². The molecule has 0 saturated carbocycles. The summed E-state index contributed by atoms with van der Waals surface area (Å²) in [6, 6.07) is 9.36. The van der Waals surface area contributed by atoms with Crippen LogP contribution in [0.4, 0.5) is 8.78 Å². The van der Waals surface area contributed by atoms with Crippen molar-refractivity contribution >= 4 is 29.1 Å². The van der Waals surface area contributed by atoms with Crippen LogP contribution in [0.25, 0.3) is 0 Å². The van der Waals surface area contributed by atoms with E-state index < -0.39 is 12.7 Å². The van der Waals surface area contributed by atoms with Crippen molar-refractivity contribution < 1.29 is 27.8 Å². The highest BCUT2D eigenvalue weighted by atomic mass is 35.5. The quantitative estimate of drug-likeness (QED) is 0.585. The van der Waals surface area contributed by atoms with Crippen LogP contribution >= 0.6 is 23.2 Å². The summed E-state index contributed by atoms with van der Waals surface area (Å²) in [5.41, 5.74) is 0.669.